The molecule has 2 heterocycles. The summed E-state index contributed by atoms with van der Waals surface area (Å²) in [4.78, 5) is 36.7. The fourth-order valence-electron chi connectivity index (χ4n) is 3.05. The van der Waals surface area contributed by atoms with Crippen LogP contribution in [0.15, 0.2) is 18.2 Å². The number of ether oxygens (including phenoxy) is 1. The first-order valence-electron chi connectivity index (χ1n) is 7.63. The topological polar surface area (TPSA) is 98.5 Å². The van der Waals surface area contributed by atoms with Crippen LogP contribution in [0.25, 0.3) is 0 Å². The third-order valence-corrected chi connectivity index (χ3v) is 5.57. The Balaban J connectivity index is 1.96. The molecular weight excluding hydrogens is 352 g/mol. The van der Waals surface area contributed by atoms with Crippen molar-refractivity contribution in [3.05, 3.63) is 28.8 Å². The number of nitrogens with two attached hydrogens (primary N) is 1. The number of anilines is 1. The SMILES string of the molecule is NC(=O)CC1(OC(=O)C2CCSCC2)C(=O)Nc2ccc(Cl)cc21. The van der Waals surface area contributed by atoms with Gasteiger partial charge in [0.2, 0.25) is 11.5 Å². The number of carbonyl (C=O) groups is 3. The Morgan fingerprint density at radius 2 is 2.08 bits per heavy atom. The molecule has 0 bridgehead atoms. The van der Waals surface area contributed by atoms with E-state index in [0.29, 0.717) is 29.1 Å². The minimum absolute atomic E-state index is 0.271. The normalized spacial score (nSPS) is 23.5. The first-order valence-corrected chi connectivity index (χ1v) is 9.16. The van der Waals surface area contributed by atoms with Crippen LogP contribution in [0.3, 0.4) is 0 Å². The molecule has 128 valence electrons. The van der Waals surface area contributed by atoms with E-state index in [1.54, 1.807) is 23.9 Å². The molecule has 1 fully saturated rings. The lowest BCUT2D eigenvalue weighted by Crippen LogP contribution is -2.44. The second-order valence-corrected chi connectivity index (χ2v) is 7.58. The molecule has 0 aliphatic carbocycles. The number of hydrogen-bond donors (Lipinski definition) is 2. The van der Waals surface area contributed by atoms with E-state index in [-0.39, 0.29) is 5.92 Å². The van der Waals surface area contributed by atoms with Gasteiger partial charge in [-0.2, -0.15) is 11.8 Å². The number of fused-ring (bicyclic) bond motifs is 1. The van der Waals surface area contributed by atoms with Gasteiger partial charge in [0, 0.05) is 16.3 Å². The molecule has 3 N–H and O–H groups in total. The van der Waals surface area contributed by atoms with Crippen LogP contribution < -0.4 is 11.1 Å². The smallest absolute Gasteiger partial charge is 0.310 e. The van der Waals surface area contributed by atoms with E-state index in [1.165, 1.54) is 6.07 Å². The number of nitrogens with one attached hydrogen (secondary N) is 1. The van der Waals surface area contributed by atoms with Gasteiger partial charge in [0.1, 0.15) is 0 Å². The van der Waals surface area contributed by atoms with Gasteiger partial charge < -0.3 is 15.8 Å². The summed E-state index contributed by atoms with van der Waals surface area (Å²) in [6, 6.07) is 4.76. The Morgan fingerprint density at radius 1 is 1.38 bits per heavy atom. The van der Waals surface area contributed by atoms with Gasteiger partial charge in [0.15, 0.2) is 0 Å². The molecule has 0 saturated carbocycles. The summed E-state index contributed by atoms with van der Waals surface area (Å²) in [5.41, 5.74) is 4.42. The largest absolute Gasteiger partial charge is 0.443 e. The zero-order valence-electron chi connectivity index (χ0n) is 12.8. The lowest BCUT2D eigenvalue weighted by molar-refractivity contribution is -0.173. The molecule has 1 unspecified atom stereocenters. The van der Waals surface area contributed by atoms with Gasteiger partial charge in [-0.05, 0) is 42.5 Å². The van der Waals surface area contributed by atoms with Gasteiger partial charge in [0.05, 0.1) is 12.3 Å². The van der Waals surface area contributed by atoms with Crippen molar-refractivity contribution >= 4 is 46.8 Å². The van der Waals surface area contributed by atoms with Crippen LogP contribution in [0.4, 0.5) is 5.69 Å². The van der Waals surface area contributed by atoms with Crippen molar-refractivity contribution in [1.29, 1.82) is 0 Å². The van der Waals surface area contributed by atoms with Crippen molar-refractivity contribution in [3.8, 4) is 0 Å². The number of esters is 1. The predicted molar refractivity (Wildman–Crippen MR) is 91.7 cm³/mol. The number of amides is 2. The van der Waals surface area contributed by atoms with E-state index in [1.807, 2.05) is 0 Å². The van der Waals surface area contributed by atoms with E-state index >= 15 is 0 Å². The number of hydrogen-bond acceptors (Lipinski definition) is 5. The summed E-state index contributed by atoms with van der Waals surface area (Å²) < 4.78 is 5.62. The summed E-state index contributed by atoms with van der Waals surface area (Å²) in [5, 5.41) is 3.02. The number of carbonyl (C=O) groups excluding carboxylic acids is 3. The van der Waals surface area contributed by atoms with Gasteiger partial charge in [-0.1, -0.05) is 11.6 Å². The Kier molecular flexibility index (Phi) is 4.73. The highest BCUT2D eigenvalue weighted by molar-refractivity contribution is 7.99. The van der Waals surface area contributed by atoms with E-state index in [0.717, 1.165) is 11.5 Å². The minimum atomic E-state index is -1.74. The van der Waals surface area contributed by atoms with Crippen LogP contribution in [0.5, 0.6) is 0 Å². The summed E-state index contributed by atoms with van der Waals surface area (Å²) in [6.07, 6.45) is 0.972. The fourth-order valence-corrected chi connectivity index (χ4v) is 4.33. The average Bonchev–Trinajstić information content (AvgIpc) is 2.80. The lowest BCUT2D eigenvalue weighted by atomic mass is 9.90. The standard InChI is InChI=1S/C16H17ClN2O4S/c17-10-1-2-12-11(7-10)16(8-13(18)20,15(22)19-12)23-14(21)9-3-5-24-6-4-9/h1-2,7,9H,3-6,8H2,(H2,18,20)(H,19,22). The van der Waals surface area contributed by atoms with Crippen LogP contribution in [0.1, 0.15) is 24.8 Å². The van der Waals surface area contributed by atoms with Gasteiger partial charge in [-0.3, -0.25) is 14.4 Å². The van der Waals surface area contributed by atoms with Crippen molar-refractivity contribution < 1.29 is 19.1 Å². The van der Waals surface area contributed by atoms with Gasteiger partial charge in [-0.15, -0.1) is 0 Å². The van der Waals surface area contributed by atoms with E-state index in [2.05, 4.69) is 5.32 Å². The minimum Gasteiger partial charge on any atom is -0.443 e. The third kappa shape index (κ3) is 3.10. The van der Waals surface area contributed by atoms with Crippen LogP contribution in [-0.2, 0) is 24.7 Å². The lowest BCUT2D eigenvalue weighted by Gasteiger charge is -2.29. The molecule has 2 amide bonds. The summed E-state index contributed by atoms with van der Waals surface area (Å²) >= 11 is 7.80. The third-order valence-electron chi connectivity index (χ3n) is 4.28. The van der Waals surface area contributed by atoms with Gasteiger partial charge >= 0.3 is 5.97 Å². The second kappa shape index (κ2) is 6.64. The molecule has 2 aliphatic heterocycles. The fraction of sp³-hybridized carbons (Fsp3) is 0.438. The van der Waals surface area contributed by atoms with E-state index in [9.17, 15) is 14.4 Å². The zero-order valence-corrected chi connectivity index (χ0v) is 14.4. The highest BCUT2D eigenvalue weighted by Crippen LogP contribution is 2.43. The van der Waals surface area contributed by atoms with E-state index in [4.69, 9.17) is 22.1 Å². The van der Waals surface area contributed by atoms with Crippen molar-refractivity contribution in [2.75, 3.05) is 16.8 Å². The second-order valence-electron chi connectivity index (χ2n) is 5.92. The molecule has 24 heavy (non-hydrogen) atoms. The highest BCUT2D eigenvalue weighted by Gasteiger charge is 2.52. The molecule has 1 aromatic carbocycles. The Morgan fingerprint density at radius 3 is 2.75 bits per heavy atom. The molecule has 0 aromatic heterocycles. The van der Waals surface area contributed by atoms with Crippen LogP contribution in [0, 0.1) is 5.92 Å². The zero-order chi connectivity index (χ0) is 17.3. The first kappa shape index (κ1) is 17.1. The Hall–Kier alpha value is -1.73. The summed E-state index contributed by atoms with van der Waals surface area (Å²) in [6.45, 7) is 0. The Bertz CT molecular complexity index is 705. The molecule has 1 atom stereocenters. The monoisotopic (exact) mass is 368 g/mol. The maximum Gasteiger partial charge on any atom is 0.310 e. The quantitative estimate of drug-likeness (QED) is 0.792. The molecule has 1 aromatic rings. The van der Waals surface area contributed by atoms with Crippen molar-refractivity contribution in [1.82, 2.24) is 0 Å². The predicted octanol–water partition coefficient (Wildman–Crippen LogP) is 2.05. The molecule has 1 saturated heterocycles. The maximum atomic E-state index is 12.6. The molecule has 2 aliphatic rings. The average molecular weight is 369 g/mol. The molecule has 8 heteroatoms. The molecule has 6 nitrogen and oxygen atoms in total. The van der Waals surface area contributed by atoms with Crippen LogP contribution in [-0.4, -0.2) is 29.3 Å². The van der Waals surface area contributed by atoms with Gasteiger partial charge in [0.25, 0.3) is 5.91 Å². The summed E-state index contributed by atoms with van der Waals surface area (Å²) in [7, 11) is 0. The Labute approximate surface area is 148 Å². The number of primary amides is 1. The number of thioether (sulfide) groups is 1. The maximum absolute atomic E-state index is 12.6. The molecular formula is C16H17ClN2O4S. The van der Waals surface area contributed by atoms with E-state index < -0.39 is 29.8 Å². The van der Waals surface area contributed by atoms with Gasteiger partial charge in [-0.25, -0.2) is 0 Å². The first-order chi connectivity index (χ1) is 11.4. The van der Waals surface area contributed by atoms with Crippen molar-refractivity contribution in [3.63, 3.8) is 0 Å². The molecule has 3 rings (SSSR count). The van der Waals surface area contributed by atoms with Crippen LogP contribution in [0.2, 0.25) is 5.02 Å². The van der Waals surface area contributed by atoms with Crippen molar-refractivity contribution in [2.45, 2.75) is 24.9 Å². The number of benzene rings is 1. The summed E-state index contributed by atoms with van der Waals surface area (Å²) in [5.74, 6) is -0.303. The highest BCUT2D eigenvalue weighted by atomic mass is 35.5. The van der Waals surface area contributed by atoms with Crippen molar-refractivity contribution in [2.24, 2.45) is 11.7 Å². The molecule has 0 spiro atoms. The number of rotatable bonds is 4. The molecule has 0 radical (unpaired) electrons. The van der Waals surface area contributed by atoms with Crippen LogP contribution >= 0.6 is 23.4 Å². The number of halogens is 1.